The van der Waals surface area contributed by atoms with Crippen LogP contribution in [0.3, 0.4) is 0 Å². The number of ether oxygens (including phenoxy) is 1. The van der Waals surface area contributed by atoms with Crippen molar-refractivity contribution in [2.45, 2.75) is 6.54 Å². The molecule has 2 aromatic carbocycles. The van der Waals surface area contributed by atoms with Gasteiger partial charge in [0.25, 0.3) is 5.91 Å². The number of carbonyl (C=O) groups excluding carboxylic acids is 1. The fourth-order valence-corrected chi connectivity index (χ4v) is 3.56. The highest BCUT2D eigenvalue weighted by molar-refractivity contribution is 6.27. The van der Waals surface area contributed by atoms with Crippen LogP contribution in [0.2, 0.25) is 0 Å². The second-order valence-electron chi connectivity index (χ2n) is 7.12. The number of carboxylic acid groups (broad SMARTS) is 2. The molecule has 1 saturated heterocycles. The maximum atomic E-state index is 12.4. The third-order valence-electron chi connectivity index (χ3n) is 5.17. The minimum Gasteiger partial charge on any atom is -0.496 e. The van der Waals surface area contributed by atoms with E-state index in [9.17, 15) is 4.79 Å². The van der Waals surface area contributed by atoms with Gasteiger partial charge in [-0.2, -0.15) is 0 Å². The number of furan rings is 1. The molecule has 4 rings (SSSR count). The second-order valence-corrected chi connectivity index (χ2v) is 7.12. The van der Waals surface area contributed by atoms with Crippen molar-refractivity contribution in [3.05, 3.63) is 66.1 Å². The van der Waals surface area contributed by atoms with Gasteiger partial charge in [0.05, 0.1) is 13.4 Å². The average molecular weight is 440 g/mol. The van der Waals surface area contributed by atoms with Crippen LogP contribution in [-0.4, -0.2) is 71.1 Å². The summed E-state index contributed by atoms with van der Waals surface area (Å²) in [4.78, 5) is 34.8. The Morgan fingerprint density at radius 1 is 0.938 bits per heavy atom. The number of rotatable bonds is 4. The van der Waals surface area contributed by atoms with Crippen molar-refractivity contribution in [3.8, 4) is 5.75 Å². The van der Waals surface area contributed by atoms with Gasteiger partial charge in [0.15, 0.2) is 5.76 Å². The highest BCUT2D eigenvalue weighted by Gasteiger charge is 2.24. The summed E-state index contributed by atoms with van der Waals surface area (Å²) in [5.41, 5.74) is 1.21. The largest absolute Gasteiger partial charge is 0.496 e. The minimum absolute atomic E-state index is 0.0302. The third-order valence-corrected chi connectivity index (χ3v) is 5.17. The lowest BCUT2D eigenvalue weighted by molar-refractivity contribution is -0.159. The summed E-state index contributed by atoms with van der Waals surface area (Å²) in [7, 11) is 1.72. The van der Waals surface area contributed by atoms with Crippen LogP contribution in [0.5, 0.6) is 5.75 Å². The van der Waals surface area contributed by atoms with Crippen molar-refractivity contribution in [1.29, 1.82) is 0 Å². The molecular formula is C23H24N2O7. The molecule has 0 atom stereocenters. The van der Waals surface area contributed by atoms with Crippen molar-refractivity contribution >= 4 is 28.6 Å². The van der Waals surface area contributed by atoms with Gasteiger partial charge < -0.3 is 24.3 Å². The van der Waals surface area contributed by atoms with Crippen molar-refractivity contribution in [1.82, 2.24) is 9.80 Å². The first-order valence-corrected chi connectivity index (χ1v) is 9.96. The van der Waals surface area contributed by atoms with Crippen LogP contribution in [0.15, 0.2) is 59.2 Å². The molecule has 168 valence electrons. The van der Waals surface area contributed by atoms with E-state index in [1.54, 1.807) is 19.2 Å². The molecule has 0 bridgehead atoms. The van der Waals surface area contributed by atoms with Crippen LogP contribution >= 0.6 is 0 Å². The zero-order valence-corrected chi connectivity index (χ0v) is 17.6. The highest BCUT2D eigenvalue weighted by Crippen LogP contribution is 2.29. The van der Waals surface area contributed by atoms with Gasteiger partial charge in [-0.1, -0.05) is 30.3 Å². The Morgan fingerprint density at radius 3 is 2.22 bits per heavy atom. The van der Waals surface area contributed by atoms with Crippen LogP contribution in [0, 0.1) is 0 Å². The van der Waals surface area contributed by atoms with E-state index >= 15 is 0 Å². The molecular weight excluding hydrogens is 416 g/mol. The van der Waals surface area contributed by atoms with Gasteiger partial charge in [0, 0.05) is 38.3 Å². The average Bonchev–Trinajstić information content (AvgIpc) is 3.35. The molecule has 0 radical (unpaired) electrons. The predicted octanol–water partition coefficient (Wildman–Crippen LogP) is 2.55. The summed E-state index contributed by atoms with van der Waals surface area (Å²) in [5.74, 6) is -2.35. The molecule has 3 aromatic rings. The van der Waals surface area contributed by atoms with E-state index in [-0.39, 0.29) is 5.91 Å². The van der Waals surface area contributed by atoms with E-state index < -0.39 is 11.9 Å². The number of hydrogen-bond acceptors (Lipinski definition) is 6. The monoisotopic (exact) mass is 440 g/mol. The maximum Gasteiger partial charge on any atom is 0.414 e. The fourth-order valence-electron chi connectivity index (χ4n) is 3.56. The Bertz CT molecular complexity index is 1070. The summed E-state index contributed by atoms with van der Waals surface area (Å²) in [5, 5.41) is 17.2. The molecule has 0 unspecified atom stereocenters. The molecule has 2 heterocycles. The van der Waals surface area contributed by atoms with Gasteiger partial charge in [0.1, 0.15) is 5.75 Å². The van der Waals surface area contributed by atoms with E-state index in [1.807, 2.05) is 11.0 Å². The van der Waals surface area contributed by atoms with Gasteiger partial charge in [-0.3, -0.25) is 9.69 Å². The van der Waals surface area contributed by atoms with Crippen molar-refractivity contribution in [2.75, 3.05) is 33.3 Å². The van der Waals surface area contributed by atoms with Gasteiger partial charge in [0.2, 0.25) is 0 Å². The topological polar surface area (TPSA) is 121 Å². The van der Waals surface area contributed by atoms with Crippen molar-refractivity contribution in [2.24, 2.45) is 0 Å². The Morgan fingerprint density at radius 2 is 1.62 bits per heavy atom. The normalized spacial score (nSPS) is 13.8. The van der Waals surface area contributed by atoms with Crippen LogP contribution in [-0.2, 0) is 16.1 Å². The van der Waals surface area contributed by atoms with Gasteiger partial charge in [-0.05, 0) is 29.0 Å². The molecule has 0 spiro atoms. The lowest BCUT2D eigenvalue weighted by Crippen LogP contribution is -2.48. The number of nitrogens with zero attached hydrogens (tertiary/aromatic N) is 2. The van der Waals surface area contributed by atoms with E-state index in [2.05, 4.69) is 35.2 Å². The highest BCUT2D eigenvalue weighted by atomic mass is 16.5. The molecule has 0 saturated carbocycles. The molecule has 1 aliphatic heterocycles. The lowest BCUT2D eigenvalue weighted by atomic mass is 10.0. The summed E-state index contributed by atoms with van der Waals surface area (Å²) in [6.07, 6.45) is 1.54. The maximum absolute atomic E-state index is 12.4. The molecule has 9 heteroatoms. The smallest absolute Gasteiger partial charge is 0.414 e. The van der Waals surface area contributed by atoms with Crippen molar-refractivity contribution in [3.63, 3.8) is 0 Å². The van der Waals surface area contributed by atoms with Crippen LogP contribution < -0.4 is 4.74 Å². The predicted molar refractivity (Wildman–Crippen MR) is 116 cm³/mol. The van der Waals surface area contributed by atoms with E-state index in [0.717, 1.165) is 25.4 Å². The molecule has 0 aliphatic carbocycles. The molecule has 1 aliphatic rings. The molecule has 1 amide bonds. The van der Waals surface area contributed by atoms with Gasteiger partial charge >= 0.3 is 11.9 Å². The number of aliphatic carboxylic acids is 2. The van der Waals surface area contributed by atoms with E-state index in [1.165, 1.54) is 22.6 Å². The van der Waals surface area contributed by atoms with Crippen LogP contribution in [0.4, 0.5) is 0 Å². The summed E-state index contributed by atoms with van der Waals surface area (Å²) >= 11 is 0. The third kappa shape index (κ3) is 5.44. The number of methoxy groups -OCH3 is 1. The number of carboxylic acids is 2. The summed E-state index contributed by atoms with van der Waals surface area (Å²) in [6, 6.07) is 16.0. The first-order chi connectivity index (χ1) is 15.4. The van der Waals surface area contributed by atoms with Crippen molar-refractivity contribution < 1.29 is 33.8 Å². The molecule has 1 aromatic heterocycles. The number of fused-ring (bicyclic) bond motifs is 1. The number of hydrogen-bond donors (Lipinski definition) is 2. The number of benzene rings is 2. The van der Waals surface area contributed by atoms with Gasteiger partial charge in [-0.25, -0.2) is 9.59 Å². The molecule has 32 heavy (non-hydrogen) atoms. The van der Waals surface area contributed by atoms with Crippen LogP contribution in [0.25, 0.3) is 10.8 Å². The molecule has 9 nitrogen and oxygen atoms in total. The molecule has 1 fully saturated rings. The second kappa shape index (κ2) is 10.5. The fraction of sp³-hybridized carbons (Fsp3) is 0.261. The number of carbonyl (C=O) groups is 3. The van der Waals surface area contributed by atoms with Crippen LogP contribution in [0.1, 0.15) is 16.1 Å². The first kappa shape index (κ1) is 22.8. The van der Waals surface area contributed by atoms with Gasteiger partial charge in [-0.15, -0.1) is 0 Å². The Balaban J connectivity index is 0.000000427. The Labute approximate surface area is 184 Å². The first-order valence-electron chi connectivity index (χ1n) is 9.96. The van der Waals surface area contributed by atoms with E-state index in [4.69, 9.17) is 29.0 Å². The summed E-state index contributed by atoms with van der Waals surface area (Å²) < 4.78 is 10.8. The Hall–Kier alpha value is -3.85. The standard InChI is InChI=1S/C21H22N2O3.C2H2O4/c1-25-19-9-8-16-5-2-3-6-17(16)18(19)15-22-10-12-23(13-11-22)21(24)20-7-4-14-26-20;3-1(4)2(5)6/h2-9,14H,10-13,15H2,1H3;(H,3,4)(H,5,6). The Kier molecular flexibility index (Phi) is 7.45. The summed E-state index contributed by atoms with van der Waals surface area (Å²) in [6.45, 7) is 3.88. The SMILES string of the molecule is COc1ccc2ccccc2c1CN1CCN(C(=O)c2ccco2)CC1.O=C(O)C(=O)O. The zero-order valence-electron chi connectivity index (χ0n) is 17.6. The minimum atomic E-state index is -1.82. The van der Waals surface area contributed by atoms with E-state index in [0.29, 0.717) is 18.8 Å². The number of piperazine rings is 1. The lowest BCUT2D eigenvalue weighted by Gasteiger charge is -2.34. The number of amides is 1. The zero-order chi connectivity index (χ0) is 23.1. The quantitative estimate of drug-likeness (QED) is 0.594. The molecule has 2 N–H and O–H groups in total.